The van der Waals surface area contributed by atoms with Crippen LogP contribution in [0, 0.1) is 23.8 Å². The summed E-state index contributed by atoms with van der Waals surface area (Å²) in [6.07, 6.45) is -7.68. The molecule has 4 saturated heterocycles. The molecule has 7 amide bonds. The van der Waals surface area contributed by atoms with Crippen molar-refractivity contribution in [3.8, 4) is 5.75 Å². The Balaban J connectivity index is 0.0000118. The molecule has 468 valence electrons. The summed E-state index contributed by atoms with van der Waals surface area (Å²) in [5, 5.41) is 104. The van der Waals surface area contributed by atoms with E-state index in [1.165, 1.54) is 25.8 Å². The predicted molar refractivity (Wildman–Crippen MR) is 298 cm³/mol. The number of piperazine rings is 1. The molecule has 5 aliphatic rings. The van der Waals surface area contributed by atoms with Crippen molar-refractivity contribution in [2.45, 2.75) is 163 Å². The van der Waals surface area contributed by atoms with Gasteiger partial charge in [-0.3, -0.25) is 43.5 Å². The second-order valence-corrected chi connectivity index (χ2v) is 25.0. The molecule has 8 unspecified atom stereocenters. The molecule has 2 aromatic carbocycles. The van der Waals surface area contributed by atoms with Gasteiger partial charge in [-0.05, 0) is 85.9 Å². The number of fused-ring (bicyclic) bond motifs is 2. The Kier molecular flexibility index (Phi) is 24.8. The Morgan fingerprint density at radius 2 is 1.44 bits per heavy atom. The number of rotatable bonds is 13. The fraction of sp³-hybridized carbons (Fsp3) is 0.643. The van der Waals surface area contributed by atoms with Gasteiger partial charge in [0.15, 0.2) is 6.10 Å². The van der Waals surface area contributed by atoms with E-state index in [9.17, 15) is 78.8 Å². The molecular weight excluding hydrogens is 1160 g/mol. The molecule has 28 nitrogen and oxygen atoms in total. The van der Waals surface area contributed by atoms with Gasteiger partial charge in [-0.1, -0.05) is 33.8 Å². The first-order chi connectivity index (χ1) is 40.2. The maximum Gasteiger partial charge on any atom is 1.00 e. The summed E-state index contributed by atoms with van der Waals surface area (Å²) in [4.78, 5) is 110. The van der Waals surface area contributed by atoms with Crippen molar-refractivity contribution in [3.05, 3.63) is 65.0 Å². The molecule has 4 aliphatic heterocycles. The minimum atomic E-state index is -2.72. The Labute approximate surface area is 522 Å². The third-order valence-corrected chi connectivity index (χ3v) is 17.9. The van der Waals surface area contributed by atoms with Crippen LogP contribution in [-0.2, 0) is 55.6 Å². The van der Waals surface area contributed by atoms with Gasteiger partial charge in [-0.2, -0.15) is 0 Å². The first kappa shape index (κ1) is 69.7. The van der Waals surface area contributed by atoms with E-state index in [1.807, 2.05) is 0 Å². The molecule has 14 atom stereocenters. The fourth-order valence-electron chi connectivity index (χ4n) is 12.1. The number of phenols is 1. The van der Waals surface area contributed by atoms with Gasteiger partial charge in [-0.25, -0.2) is 10.8 Å². The number of phenolic OH excluding ortho intramolecular Hbond substituents is 1. The van der Waals surface area contributed by atoms with E-state index < -0.39 is 181 Å². The van der Waals surface area contributed by atoms with Crippen molar-refractivity contribution >= 4 is 58.1 Å². The second kappa shape index (κ2) is 30.7. The van der Waals surface area contributed by atoms with E-state index in [1.54, 1.807) is 24.3 Å². The number of nitrogens with zero attached hydrogens (tertiary/aromatic N) is 5. The number of benzene rings is 2. The summed E-state index contributed by atoms with van der Waals surface area (Å²) >= 11 is -2.72. The van der Waals surface area contributed by atoms with Crippen LogP contribution in [0.4, 0.5) is 5.69 Å². The molecule has 12 N–H and O–H groups in total. The molecule has 30 heteroatoms. The summed E-state index contributed by atoms with van der Waals surface area (Å²) in [6.45, 7) is 17.8. The molecule has 1 saturated carbocycles. The zero-order chi connectivity index (χ0) is 62.2. The number of aromatic hydroxyl groups is 1. The first-order valence-electron chi connectivity index (χ1n) is 28.5. The van der Waals surface area contributed by atoms with Crippen LogP contribution in [0.25, 0.3) is 4.85 Å². The molecule has 0 radical (unpaired) electrons. The van der Waals surface area contributed by atoms with Crippen molar-refractivity contribution in [2.75, 3.05) is 57.3 Å². The van der Waals surface area contributed by atoms with Crippen LogP contribution in [0.15, 0.2) is 47.4 Å². The number of hydrogen-bond donors (Lipinski definition) is 12. The number of amides is 7. The standard InChI is InChI=1S/C56H80N10O18S.Na/c1-29-27-66-47(48(29)73)53(78)58-25-36(68)23-38(59-49(74)32-8-12-34(13-9-32)63-17-19-64(20-18-63)35-14-10-33(11-15-35)56(3,4)5)50(75)60-44(30(2)67)54(79)65-28-37(69)24-39(65)51(76)61-45(52(77)62-46(55(66)80)42(72)26-57-6)41(71)21-31-7-16-40(70)43(22-31)85(82)84-83-81;/h7-9,12-13,16,22,29-30,33,35-39,41-42,44-48,67-73,81H,10-11,14-15,17-21,23-28H2,1-5H3,(H,58,78)(H,59,74)(H,60,75)(H,61,76)(H,62,77);/q;+1/p-1/t29?,30?,33?,35?,36-,37?,38-,39?,41+,42+,44?,45?,46-,47?,48-,85?;/m0./s1. The van der Waals surface area contributed by atoms with Gasteiger partial charge in [0, 0.05) is 88.3 Å². The van der Waals surface area contributed by atoms with Crippen molar-refractivity contribution < 1.29 is 118 Å². The Morgan fingerprint density at radius 3 is 2.06 bits per heavy atom. The van der Waals surface area contributed by atoms with E-state index in [0.29, 0.717) is 12.0 Å². The molecule has 7 rings (SSSR count). The minimum absolute atomic E-state index is 0. The van der Waals surface area contributed by atoms with Crippen molar-refractivity contribution in [3.63, 3.8) is 0 Å². The van der Waals surface area contributed by atoms with Crippen molar-refractivity contribution in [1.82, 2.24) is 41.3 Å². The van der Waals surface area contributed by atoms with Crippen LogP contribution >= 0.6 is 0 Å². The van der Waals surface area contributed by atoms with Gasteiger partial charge in [0.05, 0.1) is 30.5 Å². The molecule has 0 bridgehead atoms. The van der Waals surface area contributed by atoms with Gasteiger partial charge in [0.1, 0.15) is 46.9 Å². The van der Waals surface area contributed by atoms with Gasteiger partial charge >= 0.3 is 29.6 Å². The summed E-state index contributed by atoms with van der Waals surface area (Å²) in [5.74, 6) is -8.77. The van der Waals surface area contributed by atoms with Gasteiger partial charge in [-0.15, -0.1) is 4.33 Å². The number of β-amino-alcohol motifs (C(OH)–C–C–N with tert-alkyl or cyclic N) is 1. The van der Waals surface area contributed by atoms with Crippen LogP contribution in [0.5, 0.6) is 5.75 Å². The Hall–Kier alpha value is -5.43. The number of anilines is 1. The summed E-state index contributed by atoms with van der Waals surface area (Å²) < 4.78 is 16.6. The van der Waals surface area contributed by atoms with E-state index in [2.05, 4.69) is 71.4 Å². The molecule has 2 aromatic rings. The molecule has 0 aromatic heterocycles. The number of hydrogen-bond acceptors (Lipinski definition) is 20. The van der Waals surface area contributed by atoms with E-state index in [4.69, 9.17) is 6.57 Å². The van der Waals surface area contributed by atoms with E-state index in [0.717, 1.165) is 73.6 Å². The normalized spacial score (nSPS) is 30.2. The molecule has 4 heterocycles. The molecular formula is C56H79N10NaO18S. The van der Waals surface area contributed by atoms with Crippen LogP contribution < -0.4 is 66.3 Å². The Morgan fingerprint density at radius 1 is 0.814 bits per heavy atom. The fourth-order valence-corrected chi connectivity index (χ4v) is 12.7. The minimum Gasteiger partial charge on any atom is -0.691 e. The molecule has 1 aliphatic carbocycles. The average molecular weight is 1240 g/mol. The second-order valence-electron chi connectivity index (χ2n) is 24.0. The number of carbonyl (C=O) groups excluding carboxylic acids is 7. The van der Waals surface area contributed by atoms with Crippen LogP contribution in [0.2, 0.25) is 0 Å². The van der Waals surface area contributed by atoms with Crippen LogP contribution in [0.1, 0.15) is 89.1 Å². The molecule has 5 fully saturated rings. The zero-order valence-corrected chi connectivity index (χ0v) is 51.9. The molecule has 86 heavy (non-hydrogen) atoms. The summed E-state index contributed by atoms with van der Waals surface area (Å²) in [5.41, 5.74) is 1.23. The van der Waals surface area contributed by atoms with Gasteiger partial charge in [0.25, 0.3) is 5.91 Å². The zero-order valence-electron chi connectivity index (χ0n) is 49.1. The van der Waals surface area contributed by atoms with Crippen molar-refractivity contribution in [2.24, 2.45) is 17.3 Å². The SMILES string of the molecule is [C-]#[N+]C[C@@H](O)[C@@H]1NC(=O)C([C@H](O)Cc2ccc(O)c(S(=O)OO[O-])c2)NC(=O)C2CC(O)CN2C(=O)C(C(C)O)NC(=O)[C@@H](NC(=O)c2ccc(N3CCN(C4CCC(C(C)(C)C)CC4)CC3)cc2)C[C@H](O)CNC(=O)C2[C@@H](O)C(C)CN2C1=O.[Na+]. The third-order valence-electron chi connectivity index (χ3n) is 17.0. The number of aliphatic hydroxyl groups excluding tert-OH is 6. The summed E-state index contributed by atoms with van der Waals surface area (Å²) in [6, 6.07) is -1.07. The maximum atomic E-state index is 14.6. The maximum absolute atomic E-state index is 14.6. The van der Waals surface area contributed by atoms with Gasteiger partial charge < -0.3 is 87.1 Å². The first-order valence-corrected chi connectivity index (χ1v) is 29.6. The quantitative estimate of drug-likeness (QED) is 0.0384. The number of nitrogens with one attached hydrogen (secondary N) is 5. The van der Waals surface area contributed by atoms with Crippen LogP contribution in [-0.4, -0.2) is 227 Å². The number of aliphatic hydroxyl groups is 6. The summed E-state index contributed by atoms with van der Waals surface area (Å²) in [7, 11) is 0. The smallest absolute Gasteiger partial charge is 0.691 e. The largest absolute Gasteiger partial charge is 1.00 e. The number of carbonyl (C=O) groups is 7. The average Bonchev–Trinajstić information content (AvgIpc) is 1.76. The van der Waals surface area contributed by atoms with E-state index in [-0.39, 0.29) is 52.6 Å². The van der Waals surface area contributed by atoms with Crippen LogP contribution in [0.3, 0.4) is 0 Å². The molecule has 0 spiro atoms. The monoisotopic (exact) mass is 1230 g/mol. The van der Waals surface area contributed by atoms with Gasteiger partial charge in [0.2, 0.25) is 53.1 Å². The third kappa shape index (κ3) is 17.0. The Bertz CT molecular complexity index is 2790. The van der Waals surface area contributed by atoms with E-state index >= 15 is 0 Å². The predicted octanol–water partition coefficient (Wildman–Crippen LogP) is -6.76. The van der Waals surface area contributed by atoms with Crippen molar-refractivity contribution in [1.29, 1.82) is 0 Å². The topological polar surface area (TPSA) is 397 Å².